The van der Waals surface area contributed by atoms with E-state index in [2.05, 4.69) is 16.0 Å². The molecule has 0 aliphatic carbocycles. The lowest BCUT2D eigenvalue weighted by Crippen LogP contribution is -2.43. The summed E-state index contributed by atoms with van der Waals surface area (Å²) >= 11 is 1.88. The van der Waals surface area contributed by atoms with Gasteiger partial charge in [-0.3, -0.25) is 9.69 Å². The molecule has 5 rings (SSSR count). The van der Waals surface area contributed by atoms with Crippen LogP contribution < -0.4 is 14.2 Å². The number of benzene rings is 1. The van der Waals surface area contributed by atoms with Gasteiger partial charge in [-0.1, -0.05) is 0 Å². The van der Waals surface area contributed by atoms with Crippen LogP contribution in [0, 0.1) is 11.8 Å². The van der Waals surface area contributed by atoms with E-state index in [9.17, 15) is 9.90 Å². The summed E-state index contributed by atoms with van der Waals surface area (Å²) in [7, 11) is 1.53. The van der Waals surface area contributed by atoms with Crippen LogP contribution in [-0.2, 0) is 22.7 Å². The molecule has 9 heteroatoms. The van der Waals surface area contributed by atoms with Gasteiger partial charge in [0.25, 0.3) is 5.88 Å². The molecule has 0 spiro atoms. The number of aliphatic hydroxyl groups is 1. The third-order valence-corrected chi connectivity index (χ3v) is 9.22. The maximum absolute atomic E-state index is 12.8. The second kappa shape index (κ2) is 12.5. The van der Waals surface area contributed by atoms with Gasteiger partial charge in [0.2, 0.25) is 0 Å². The predicted molar refractivity (Wildman–Crippen MR) is 151 cm³/mol. The fraction of sp³-hybridized carbons (Fsp3) is 0.600. The fourth-order valence-corrected chi connectivity index (χ4v) is 6.75. The van der Waals surface area contributed by atoms with Crippen molar-refractivity contribution in [1.29, 1.82) is 0 Å². The number of hydrogen-bond donors (Lipinski definition) is 1. The van der Waals surface area contributed by atoms with Crippen LogP contribution in [0.5, 0.6) is 17.4 Å². The number of hydrogen-bond acceptors (Lipinski definition) is 9. The fourth-order valence-electron chi connectivity index (χ4n) is 5.64. The molecule has 2 fully saturated rings. The molecule has 39 heavy (non-hydrogen) atoms. The average Bonchev–Trinajstić information content (AvgIpc) is 3.42. The van der Waals surface area contributed by atoms with E-state index < -0.39 is 5.60 Å². The van der Waals surface area contributed by atoms with Gasteiger partial charge >= 0.3 is 5.97 Å². The van der Waals surface area contributed by atoms with Crippen LogP contribution >= 0.6 is 11.8 Å². The Kier molecular flexibility index (Phi) is 9.01. The van der Waals surface area contributed by atoms with Crippen molar-refractivity contribution in [2.75, 3.05) is 44.9 Å². The number of likely N-dealkylation sites (tertiary alicyclic amines) is 1. The molecule has 0 saturated carbocycles. The molecule has 4 heterocycles. The van der Waals surface area contributed by atoms with Crippen molar-refractivity contribution in [3.8, 4) is 28.5 Å². The van der Waals surface area contributed by atoms with Gasteiger partial charge in [0.15, 0.2) is 5.75 Å². The lowest BCUT2D eigenvalue weighted by Gasteiger charge is -2.37. The Bertz CT molecular complexity index is 1150. The van der Waals surface area contributed by atoms with E-state index in [1.807, 2.05) is 37.7 Å². The molecule has 3 aliphatic heterocycles. The summed E-state index contributed by atoms with van der Waals surface area (Å²) in [5, 5.41) is 10.3. The lowest BCUT2D eigenvalue weighted by molar-refractivity contribution is -0.139. The summed E-state index contributed by atoms with van der Waals surface area (Å²) in [6.45, 7) is 8.24. The first-order chi connectivity index (χ1) is 18.8. The molecule has 3 aliphatic rings. The van der Waals surface area contributed by atoms with Crippen LogP contribution in [0.3, 0.4) is 0 Å². The SMILES string of the molecule is COc1ncc(-c2cc3c(c(OCCN4CCC(C(C)(C)O)CC4)c2)COC3)cc1OC(=O)C1CCSCC1. The highest BCUT2D eigenvalue weighted by atomic mass is 32.2. The van der Waals surface area contributed by atoms with Crippen molar-refractivity contribution in [3.05, 3.63) is 35.5 Å². The molecule has 0 unspecified atom stereocenters. The van der Waals surface area contributed by atoms with Gasteiger partial charge < -0.3 is 24.1 Å². The normalized spacial score (nSPS) is 19.1. The lowest BCUT2D eigenvalue weighted by atomic mass is 9.83. The summed E-state index contributed by atoms with van der Waals surface area (Å²) < 4.78 is 23.3. The zero-order valence-corrected chi connectivity index (χ0v) is 24.1. The van der Waals surface area contributed by atoms with Gasteiger partial charge in [-0.2, -0.15) is 11.8 Å². The molecule has 2 aromatic rings. The predicted octanol–water partition coefficient (Wildman–Crippen LogP) is 4.70. The Morgan fingerprint density at radius 1 is 1.10 bits per heavy atom. The number of methoxy groups -OCH3 is 1. The third-order valence-electron chi connectivity index (χ3n) is 8.17. The minimum absolute atomic E-state index is 0.0855. The summed E-state index contributed by atoms with van der Waals surface area (Å²) in [5.41, 5.74) is 3.32. The molecule has 1 N–H and O–H groups in total. The number of carbonyl (C=O) groups is 1. The van der Waals surface area contributed by atoms with Crippen molar-refractivity contribution < 1.29 is 28.8 Å². The van der Waals surface area contributed by atoms with Crippen LogP contribution in [-0.4, -0.2) is 71.4 Å². The first kappa shape index (κ1) is 28.2. The van der Waals surface area contributed by atoms with Gasteiger partial charge in [0.05, 0.1) is 31.8 Å². The highest BCUT2D eigenvalue weighted by Gasteiger charge is 2.30. The molecule has 1 aromatic heterocycles. The van der Waals surface area contributed by atoms with E-state index in [-0.39, 0.29) is 11.9 Å². The molecular formula is C30H40N2O6S. The van der Waals surface area contributed by atoms with Crippen LogP contribution in [0.2, 0.25) is 0 Å². The van der Waals surface area contributed by atoms with Gasteiger partial charge in [-0.25, -0.2) is 4.98 Å². The Morgan fingerprint density at radius 2 is 1.85 bits per heavy atom. The van der Waals surface area contributed by atoms with Crippen LogP contribution in [0.1, 0.15) is 50.7 Å². The molecule has 2 saturated heterocycles. The molecule has 8 nitrogen and oxygen atoms in total. The largest absolute Gasteiger partial charge is 0.492 e. The third kappa shape index (κ3) is 6.88. The maximum Gasteiger partial charge on any atom is 0.314 e. The number of pyridine rings is 1. The number of fused-ring (bicyclic) bond motifs is 1. The molecule has 1 aromatic carbocycles. The minimum Gasteiger partial charge on any atom is -0.492 e. The Morgan fingerprint density at radius 3 is 2.56 bits per heavy atom. The Balaban J connectivity index is 1.28. The summed E-state index contributed by atoms with van der Waals surface area (Å²) in [6, 6.07) is 5.96. The molecule has 0 radical (unpaired) electrons. The first-order valence-electron chi connectivity index (χ1n) is 14.0. The van der Waals surface area contributed by atoms with Crippen molar-refractivity contribution in [3.63, 3.8) is 0 Å². The van der Waals surface area contributed by atoms with Crippen molar-refractivity contribution in [2.45, 2.75) is 58.3 Å². The monoisotopic (exact) mass is 556 g/mol. The van der Waals surface area contributed by atoms with E-state index in [0.29, 0.717) is 37.4 Å². The van der Waals surface area contributed by atoms with E-state index in [4.69, 9.17) is 18.9 Å². The van der Waals surface area contributed by atoms with Crippen molar-refractivity contribution in [1.82, 2.24) is 9.88 Å². The van der Waals surface area contributed by atoms with Gasteiger partial charge in [-0.05, 0) is 99.4 Å². The number of aromatic nitrogens is 1. The average molecular weight is 557 g/mol. The highest BCUT2D eigenvalue weighted by molar-refractivity contribution is 7.99. The molecular weight excluding hydrogens is 516 g/mol. The molecule has 0 atom stereocenters. The summed E-state index contributed by atoms with van der Waals surface area (Å²) in [4.78, 5) is 19.7. The Labute approximate surface area is 235 Å². The summed E-state index contributed by atoms with van der Waals surface area (Å²) in [6.07, 6.45) is 5.41. The minimum atomic E-state index is -0.618. The van der Waals surface area contributed by atoms with E-state index >= 15 is 0 Å². The van der Waals surface area contributed by atoms with Crippen molar-refractivity contribution in [2.24, 2.45) is 11.8 Å². The topological polar surface area (TPSA) is 90.4 Å². The quantitative estimate of drug-likeness (QED) is 0.442. The molecule has 212 valence electrons. The van der Waals surface area contributed by atoms with E-state index in [1.165, 1.54) is 7.11 Å². The van der Waals surface area contributed by atoms with Crippen LogP contribution in [0.25, 0.3) is 11.1 Å². The van der Waals surface area contributed by atoms with Gasteiger partial charge in [0.1, 0.15) is 12.4 Å². The summed E-state index contributed by atoms with van der Waals surface area (Å²) in [5.74, 6) is 3.46. The second-order valence-corrected chi connectivity index (χ2v) is 12.5. The number of thioether (sulfide) groups is 1. The number of ether oxygens (including phenoxy) is 4. The molecule has 0 amide bonds. The van der Waals surface area contributed by atoms with Gasteiger partial charge in [-0.15, -0.1) is 0 Å². The van der Waals surface area contributed by atoms with Crippen LogP contribution in [0.4, 0.5) is 0 Å². The standard InChI is InChI=1S/C30H40N2O6S/c1-30(2,34)24-4-8-32(9-5-24)10-11-37-26-15-21(14-23-18-36-19-25(23)26)22-16-27(28(35-3)31-17-22)38-29(33)20-6-12-39-13-7-20/h14-17,20,24,34H,4-13,18-19H2,1-3H3. The van der Waals surface area contributed by atoms with Crippen molar-refractivity contribution >= 4 is 17.7 Å². The van der Waals surface area contributed by atoms with E-state index in [0.717, 1.165) is 84.8 Å². The molecule has 0 bridgehead atoms. The number of nitrogens with zero attached hydrogens (tertiary/aromatic N) is 2. The zero-order chi connectivity index (χ0) is 27.4. The number of rotatable bonds is 9. The zero-order valence-electron chi connectivity index (χ0n) is 23.2. The van der Waals surface area contributed by atoms with Gasteiger partial charge in [0, 0.05) is 23.9 Å². The van der Waals surface area contributed by atoms with Crippen LogP contribution in [0.15, 0.2) is 24.4 Å². The Hall–Kier alpha value is -2.33. The van der Waals surface area contributed by atoms with E-state index in [1.54, 1.807) is 6.20 Å². The number of carbonyl (C=O) groups excluding carboxylic acids is 1. The number of esters is 1. The number of piperidine rings is 1. The first-order valence-corrected chi connectivity index (χ1v) is 15.1. The second-order valence-electron chi connectivity index (χ2n) is 11.3. The smallest absolute Gasteiger partial charge is 0.314 e. The maximum atomic E-state index is 12.8. The highest BCUT2D eigenvalue weighted by Crippen LogP contribution is 2.38.